The third-order valence-electron chi connectivity index (χ3n) is 3.37. The third kappa shape index (κ3) is 2.90. The Bertz CT molecular complexity index is 884. The Hall–Kier alpha value is -2.47. The molecule has 0 atom stereocenters. The van der Waals surface area contributed by atoms with Crippen LogP contribution in [-0.2, 0) is 4.74 Å². The summed E-state index contributed by atoms with van der Waals surface area (Å²) in [5, 5.41) is 4.15. The van der Waals surface area contributed by atoms with Crippen LogP contribution in [-0.4, -0.2) is 28.0 Å². The maximum atomic E-state index is 12.8. The molecular weight excluding hydrogens is 360 g/mol. The Labute approximate surface area is 141 Å². The van der Waals surface area contributed by atoms with Crippen molar-refractivity contribution in [3.8, 4) is 0 Å². The van der Waals surface area contributed by atoms with E-state index in [0.29, 0.717) is 16.6 Å². The van der Waals surface area contributed by atoms with Gasteiger partial charge in [-0.3, -0.25) is 4.79 Å². The molecule has 0 aliphatic carbocycles. The van der Waals surface area contributed by atoms with Crippen molar-refractivity contribution < 1.29 is 14.3 Å². The number of aromatic nitrogens is 2. The zero-order valence-electron chi connectivity index (χ0n) is 12.3. The number of esters is 1. The summed E-state index contributed by atoms with van der Waals surface area (Å²) in [5.74, 6) is -0.672. The number of hydrogen-bond acceptors (Lipinski definition) is 4. The average molecular weight is 373 g/mol. The molecule has 0 saturated carbocycles. The van der Waals surface area contributed by atoms with E-state index < -0.39 is 5.97 Å². The first-order valence-corrected chi connectivity index (χ1v) is 7.85. The van der Waals surface area contributed by atoms with Crippen LogP contribution in [0.2, 0.25) is 0 Å². The van der Waals surface area contributed by atoms with Gasteiger partial charge in [-0.15, -0.1) is 0 Å². The molecule has 0 aliphatic rings. The van der Waals surface area contributed by atoms with Crippen molar-refractivity contribution in [1.82, 2.24) is 9.61 Å². The first kappa shape index (κ1) is 15.4. The van der Waals surface area contributed by atoms with Gasteiger partial charge in [-0.25, -0.2) is 9.31 Å². The summed E-state index contributed by atoms with van der Waals surface area (Å²) < 4.78 is 7.36. The molecule has 23 heavy (non-hydrogen) atoms. The van der Waals surface area contributed by atoms with Gasteiger partial charge in [-0.05, 0) is 49.4 Å². The van der Waals surface area contributed by atoms with Crippen LogP contribution in [0.5, 0.6) is 0 Å². The van der Waals surface area contributed by atoms with E-state index in [9.17, 15) is 9.59 Å². The highest BCUT2D eigenvalue weighted by atomic mass is 79.9. The summed E-state index contributed by atoms with van der Waals surface area (Å²) in [6, 6.07) is 12.1. The third-order valence-corrected chi connectivity index (χ3v) is 3.90. The van der Waals surface area contributed by atoms with Crippen LogP contribution >= 0.6 is 15.9 Å². The fraction of sp³-hybridized carbons (Fsp3) is 0.118. The molecule has 0 aliphatic heterocycles. The second-order valence-corrected chi connectivity index (χ2v) is 5.74. The van der Waals surface area contributed by atoms with Crippen LogP contribution in [0.1, 0.15) is 33.3 Å². The number of carbonyl (C=O) groups is 2. The highest BCUT2D eigenvalue weighted by Crippen LogP contribution is 2.21. The molecule has 116 valence electrons. The molecule has 2 aromatic heterocycles. The van der Waals surface area contributed by atoms with Crippen molar-refractivity contribution in [2.45, 2.75) is 6.92 Å². The first-order valence-electron chi connectivity index (χ1n) is 7.06. The predicted octanol–water partition coefficient (Wildman–Crippen LogP) is 3.50. The van der Waals surface area contributed by atoms with Crippen molar-refractivity contribution >= 4 is 33.2 Å². The highest BCUT2D eigenvalue weighted by molar-refractivity contribution is 9.10. The predicted molar refractivity (Wildman–Crippen MR) is 88.7 cm³/mol. The molecule has 3 aromatic rings. The van der Waals surface area contributed by atoms with Gasteiger partial charge >= 0.3 is 5.97 Å². The van der Waals surface area contributed by atoms with Crippen molar-refractivity contribution in [1.29, 1.82) is 0 Å². The van der Waals surface area contributed by atoms with Gasteiger partial charge in [0.15, 0.2) is 11.5 Å². The lowest BCUT2D eigenvalue weighted by molar-refractivity contribution is 0.0517. The second kappa shape index (κ2) is 6.34. The van der Waals surface area contributed by atoms with Gasteiger partial charge in [-0.1, -0.05) is 15.9 Å². The lowest BCUT2D eigenvalue weighted by atomic mass is 10.0. The second-order valence-electron chi connectivity index (χ2n) is 4.82. The Morgan fingerprint density at radius 1 is 1.22 bits per heavy atom. The van der Waals surface area contributed by atoms with Crippen molar-refractivity contribution in [2.75, 3.05) is 6.61 Å². The van der Waals surface area contributed by atoms with E-state index in [4.69, 9.17) is 4.74 Å². The number of halogens is 1. The molecule has 0 radical (unpaired) electrons. The van der Waals surface area contributed by atoms with Crippen LogP contribution in [0.15, 0.2) is 53.1 Å². The fourth-order valence-electron chi connectivity index (χ4n) is 2.33. The van der Waals surface area contributed by atoms with E-state index in [0.717, 1.165) is 4.47 Å². The number of benzene rings is 1. The minimum absolute atomic E-state index is 0.168. The molecule has 1 aromatic carbocycles. The molecule has 0 N–H and O–H groups in total. The van der Waals surface area contributed by atoms with Gasteiger partial charge in [0, 0.05) is 16.2 Å². The van der Waals surface area contributed by atoms with Gasteiger partial charge < -0.3 is 4.74 Å². The van der Waals surface area contributed by atoms with Crippen molar-refractivity contribution in [3.05, 3.63) is 70.0 Å². The summed E-state index contributed by atoms with van der Waals surface area (Å²) in [7, 11) is 0. The summed E-state index contributed by atoms with van der Waals surface area (Å²) in [5.41, 5.74) is 1.77. The molecule has 0 bridgehead atoms. The Balaban J connectivity index is 2.12. The van der Waals surface area contributed by atoms with E-state index in [-0.39, 0.29) is 18.1 Å². The van der Waals surface area contributed by atoms with E-state index in [2.05, 4.69) is 21.0 Å². The van der Waals surface area contributed by atoms with E-state index in [1.54, 1.807) is 49.5 Å². The molecule has 0 saturated heterocycles. The molecule has 5 nitrogen and oxygen atoms in total. The normalized spacial score (nSPS) is 10.7. The molecule has 0 spiro atoms. The summed E-state index contributed by atoms with van der Waals surface area (Å²) in [6.45, 7) is 1.99. The molecular formula is C17H13BrN2O3. The van der Waals surface area contributed by atoms with Crippen LogP contribution < -0.4 is 0 Å². The van der Waals surface area contributed by atoms with E-state index in [1.165, 1.54) is 10.6 Å². The summed E-state index contributed by atoms with van der Waals surface area (Å²) in [6.07, 6.45) is 1.56. The van der Waals surface area contributed by atoms with E-state index in [1.807, 2.05) is 0 Å². The topological polar surface area (TPSA) is 60.7 Å². The monoisotopic (exact) mass is 372 g/mol. The zero-order valence-corrected chi connectivity index (χ0v) is 13.9. The molecule has 0 fully saturated rings. The SMILES string of the molecule is CCOC(=O)c1cc(C(=O)c2ccc(Br)cc2)c2cccnn12. The van der Waals surface area contributed by atoms with Crippen LogP contribution in [0.4, 0.5) is 0 Å². The molecule has 2 heterocycles. The largest absolute Gasteiger partial charge is 0.461 e. The maximum Gasteiger partial charge on any atom is 0.357 e. The van der Waals surface area contributed by atoms with Crippen molar-refractivity contribution in [2.24, 2.45) is 0 Å². The van der Waals surface area contributed by atoms with Gasteiger partial charge in [0.2, 0.25) is 0 Å². The minimum atomic E-state index is -0.504. The molecule has 3 rings (SSSR count). The molecule has 0 unspecified atom stereocenters. The fourth-order valence-corrected chi connectivity index (χ4v) is 2.59. The number of nitrogens with zero attached hydrogens (tertiary/aromatic N) is 2. The molecule has 6 heteroatoms. The van der Waals surface area contributed by atoms with Gasteiger partial charge in [0.25, 0.3) is 0 Å². The Morgan fingerprint density at radius 3 is 2.65 bits per heavy atom. The molecule has 0 amide bonds. The lowest BCUT2D eigenvalue weighted by Crippen LogP contribution is -2.09. The maximum absolute atomic E-state index is 12.8. The average Bonchev–Trinajstić information content (AvgIpc) is 2.95. The van der Waals surface area contributed by atoms with Gasteiger partial charge in [-0.2, -0.15) is 5.10 Å². The standard InChI is InChI=1S/C17H13BrN2O3/c1-2-23-17(22)15-10-13(14-4-3-9-19-20(14)15)16(21)11-5-7-12(18)8-6-11/h3-10H,2H2,1H3. The number of hydrogen-bond donors (Lipinski definition) is 0. The van der Waals surface area contributed by atoms with Crippen molar-refractivity contribution in [3.63, 3.8) is 0 Å². The summed E-state index contributed by atoms with van der Waals surface area (Å²) >= 11 is 3.34. The minimum Gasteiger partial charge on any atom is -0.461 e. The van der Waals surface area contributed by atoms with Crippen LogP contribution in [0.25, 0.3) is 5.52 Å². The number of fused-ring (bicyclic) bond motifs is 1. The quantitative estimate of drug-likeness (QED) is 0.519. The first-order chi connectivity index (χ1) is 11.1. The number of carbonyl (C=O) groups excluding carboxylic acids is 2. The zero-order chi connectivity index (χ0) is 16.4. The summed E-state index contributed by atoms with van der Waals surface area (Å²) in [4.78, 5) is 24.8. The van der Waals surface area contributed by atoms with Crippen LogP contribution in [0.3, 0.4) is 0 Å². The van der Waals surface area contributed by atoms with Gasteiger partial charge in [0.05, 0.1) is 17.7 Å². The number of ether oxygens (including phenoxy) is 1. The van der Waals surface area contributed by atoms with Gasteiger partial charge in [0.1, 0.15) is 0 Å². The number of ketones is 1. The Morgan fingerprint density at radius 2 is 1.96 bits per heavy atom. The van der Waals surface area contributed by atoms with E-state index >= 15 is 0 Å². The lowest BCUT2D eigenvalue weighted by Gasteiger charge is -2.01. The number of rotatable bonds is 4. The van der Waals surface area contributed by atoms with Crippen LogP contribution in [0, 0.1) is 0 Å². The smallest absolute Gasteiger partial charge is 0.357 e. The highest BCUT2D eigenvalue weighted by Gasteiger charge is 2.21. The Kier molecular flexibility index (Phi) is 4.25.